The first-order valence-electron chi connectivity index (χ1n) is 29.5. The fourth-order valence-electron chi connectivity index (χ4n) is 13.0. The maximum absolute atomic E-state index is 5.74. The topological polar surface area (TPSA) is 45.2 Å². The monoisotopic (exact) mass is 1080 g/mol. The number of fused-ring (bicyclic) bond motifs is 12. The lowest BCUT2D eigenvalue weighted by Crippen LogP contribution is -2.61. The Labute approximate surface area is 489 Å². The van der Waals surface area contributed by atoms with Gasteiger partial charge in [-0.3, -0.25) is 0 Å². The summed E-state index contributed by atoms with van der Waals surface area (Å²) in [7, 11) is 0. The van der Waals surface area contributed by atoms with E-state index in [0.717, 1.165) is 39.4 Å². The van der Waals surface area contributed by atoms with Crippen molar-refractivity contribution in [1.29, 1.82) is 0 Å². The Morgan fingerprint density at radius 2 is 0.627 bits per heavy atom. The van der Waals surface area contributed by atoms with Gasteiger partial charge in [0.2, 0.25) is 0 Å². The zero-order valence-corrected chi connectivity index (χ0v) is 49.9. The van der Waals surface area contributed by atoms with Crippen LogP contribution in [0.3, 0.4) is 0 Å². The molecule has 0 saturated heterocycles. The minimum Gasteiger partial charge on any atom is -0.311 e. The van der Waals surface area contributed by atoms with Crippen LogP contribution in [0.5, 0.6) is 0 Å². The van der Waals surface area contributed by atoms with Crippen molar-refractivity contribution in [2.75, 3.05) is 9.80 Å². The van der Waals surface area contributed by atoms with Crippen LogP contribution < -0.4 is 26.2 Å². The van der Waals surface area contributed by atoms with E-state index in [2.05, 4.69) is 299 Å². The summed E-state index contributed by atoms with van der Waals surface area (Å²) in [6.07, 6.45) is 0. The third-order valence-electron chi connectivity index (χ3n) is 17.6. The van der Waals surface area contributed by atoms with Gasteiger partial charge < -0.3 is 9.80 Å². The zero-order chi connectivity index (χ0) is 57.5. The largest absolute Gasteiger partial charge is 0.311 e. The number of benzene rings is 11. The van der Waals surface area contributed by atoms with E-state index in [9.17, 15) is 0 Å². The average molecular weight is 1080 g/mol. The maximum atomic E-state index is 5.74. The molecule has 406 valence electrons. The Bertz CT molecular complexity index is 4260. The molecule has 0 radical (unpaired) electrons. The summed E-state index contributed by atoms with van der Waals surface area (Å²) in [4.78, 5) is 22.2. The van der Waals surface area contributed by atoms with Crippen LogP contribution in [0.15, 0.2) is 206 Å². The molecule has 0 aliphatic carbocycles. The molecule has 2 aliphatic rings. The number of aromatic nitrogens is 3. The van der Waals surface area contributed by atoms with Crippen molar-refractivity contribution in [3.05, 3.63) is 229 Å². The number of anilines is 6. The summed E-state index contributed by atoms with van der Waals surface area (Å²) < 4.78 is 0. The molecule has 0 saturated carbocycles. The van der Waals surface area contributed by atoms with Crippen LogP contribution in [0.4, 0.5) is 34.1 Å². The van der Waals surface area contributed by atoms with Gasteiger partial charge in [-0.15, -0.1) is 0 Å². The first-order chi connectivity index (χ1) is 39.7. The van der Waals surface area contributed by atoms with Gasteiger partial charge in [-0.05, 0) is 153 Å². The molecule has 12 aromatic rings. The van der Waals surface area contributed by atoms with E-state index < -0.39 is 0 Å². The normalized spacial score (nSPS) is 13.5. The molecule has 0 fully saturated rings. The Hall–Kier alpha value is -8.87. The van der Waals surface area contributed by atoms with Crippen LogP contribution in [0.2, 0.25) is 0 Å². The molecule has 14 rings (SSSR count). The summed E-state index contributed by atoms with van der Waals surface area (Å²) in [5.74, 6) is 1.91. The van der Waals surface area contributed by atoms with Crippen LogP contribution in [0, 0.1) is 0 Å². The van der Waals surface area contributed by atoms with Gasteiger partial charge in [-0.1, -0.05) is 229 Å². The van der Waals surface area contributed by atoms with Crippen molar-refractivity contribution < 1.29 is 0 Å². The molecule has 3 heterocycles. The van der Waals surface area contributed by atoms with Gasteiger partial charge in [0, 0.05) is 61.6 Å². The first-order valence-corrected chi connectivity index (χ1v) is 29.5. The number of para-hydroxylation sites is 2. The summed E-state index contributed by atoms with van der Waals surface area (Å²) in [5, 5.41) is 9.76. The SMILES string of the molecule is CC(C)(C)c1cc(-c2nc(-c3cc(C(C)(C)C)cc(C(C)(C)C)c3)nc(-c3cc4c5c(c3)N(c3ccccc3)c3c(ccc6c3ccc3ccccc36)B5c3ccc5c(ccc6ccccc65)c3N4c3ccccc3)n2)cc(C(C)(C)C)c1. The predicted octanol–water partition coefficient (Wildman–Crippen LogP) is 18.8. The van der Waals surface area contributed by atoms with E-state index in [1.807, 2.05) is 0 Å². The van der Waals surface area contributed by atoms with Gasteiger partial charge in [-0.2, -0.15) is 0 Å². The van der Waals surface area contributed by atoms with Crippen molar-refractivity contribution in [2.24, 2.45) is 0 Å². The van der Waals surface area contributed by atoms with E-state index in [1.165, 1.54) is 93.1 Å². The Balaban J connectivity index is 1.14. The summed E-state index contributed by atoms with van der Waals surface area (Å²) in [6.45, 7) is 27.4. The van der Waals surface area contributed by atoms with Gasteiger partial charge in [-0.25, -0.2) is 15.0 Å². The molecule has 0 unspecified atom stereocenters. The van der Waals surface area contributed by atoms with Gasteiger partial charge >= 0.3 is 0 Å². The molecule has 6 heteroatoms. The second-order valence-corrected chi connectivity index (χ2v) is 27.4. The molecule has 83 heavy (non-hydrogen) atoms. The third kappa shape index (κ3) is 8.79. The zero-order valence-electron chi connectivity index (χ0n) is 49.9. The molecular weight excluding hydrogens is 1010 g/mol. The van der Waals surface area contributed by atoms with E-state index in [1.54, 1.807) is 0 Å². The fraction of sp³-hybridized carbons (Fsp3) is 0.208. The number of hydrogen-bond acceptors (Lipinski definition) is 5. The number of nitrogens with zero attached hydrogens (tertiary/aromatic N) is 5. The molecule has 2 aliphatic heterocycles. The third-order valence-corrected chi connectivity index (χ3v) is 17.6. The number of hydrogen-bond donors (Lipinski definition) is 0. The molecular formula is C77H70BN5. The van der Waals surface area contributed by atoms with Gasteiger partial charge in [0.05, 0.1) is 0 Å². The van der Waals surface area contributed by atoms with Crippen LogP contribution in [-0.4, -0.2) is 21.7 Å². The molecule has 1 aromatic heterocycles. The highest BCUT2D eigenvalue weighted by atomic mass is 15.2. The maximum Gasteiger partial charge on any atom is 0.252 e. The standard InChI is InChI=1S/C77H70BN5/c1-74(2,3)52-39-49(40-53(45-52)75(4,5)6)71-79-72(50-41-54(76(7,8)9)46-55(42-50)77(10,11)12)81-73(80-71)51-43-66-68-67(44-51)83(57-27-17-14-18-28-57)70-63-34-32-48-24-20-22-30-59(48)61(63)36-38-65(70)78(68)64-37-35-60-58-29-21-19-23-47(58)31-33-62(60)69(64)82(66)56-25-15-13-16-26-56/h13-46H,1-12H3. The van der Waals surface area contributed by atoms with Crippen LogP contribution >= 0.6 is 0 Å². The molecule has 5 nitrogen and oxygen atoms in total. The van der Waals surface area contributed by atoms with Crippen molar-refractivity contribution >= 4 is 100 Å². The van der Waals surface area contributed by atoms with Gasteiger partial charge in [0.25, 0.3) is 6.71 Å². The smallest absolute Gasteiger partial charge is 0.252 e. The molecule has 0 amide bonds. The molecule has 0 bridgehead atoms. The second kappa shape index (κ2) is 18.8. The molecule has 0 spiro atoms. The van der Waals surface area contributed by atoms with Gasteiger partial charge in [0.1, 0.15) is 0 Å². The van der Waals surface area contributed by atoms with Crippen LogP contribution in [0.25, 0.3) is 77.3 Å². The average Bonchev–Trinajstić information content (AvgIpc) is 0.954. The van der Waals surface area contributed by atoms with E-state index in [0.29, 0.717) is 17.5 Å². The molecule has 0 atom stereocenters. The summed E-state index contributed by atoms with van der Waals surface area (Å²) >= 11 is 0. The minimum atomic E-state index is -0.137. The Kier molecular flexibility index (Phi) is 11.9. The molecule has 11 aromatic carbocycles. The quantitative estimate of drug-likeness (QED) is 0.127. The fourth-order valence-corrected chi connectivity index (χ4v) is 13.0. The Morgan fingerprint density at radius 3 is 0.988 bits per heavy atom. The lowest BCUT2D eigenvalue weighted by molar-refractivity contribution is 0.568. The minimum absolute atomic E-state index is 0.129. The van der Waals surface area contributed by atoms with Crippen molar-refractivity contribution in [1.82, 2.24) is 15.0 Å². The summed E-state index contributed by atoms with van der Waals surface area (Å²) in [6, 6.07) is 77.3. The van der Waals surface area contributed by atoms with E-state index in [4.69, 9.17) is 15.0 Å². The lowest BCUT2D eigenvalue weighted by atomic mass is 9.33. The van der Waals surface area contributed by atoms with Crippen molar-refractivity contribution in [3.63, 3.8) is 0 Å². The van der Waals surface area contributed by atoms with Crippen LogP contribution in [-0.2, 0) is 21.7 Å². The molecule has 0 N–H and O–H groups in total. The second-order valence-electron chi connectivity index (χ2n) is 27.4. The van der Waals surface area contributed by atoms with Crippen LogP contribution in [0.1, 0.15) is 105 Å². The highest BCUT2D eigenvalue weighted by molar-refractivity contribution is 7.01. The van der Waals surface area contributed by atoms with Gasteiger partial charge in [0.15, 0.2) is 17.5 Å². The van der Waals surface area contributed by atoms with Crippen molar-refractivity contribution in [2.45, 2.75) is 105 Å². The lowest BCUT2D eigenvalue weighted by Gasteiger charge is -2.45. The number of rotatable bonds is 5. The first kappa shape index (κ1) is 52.2. The highest BCUT2D eigenvalue weighted by Gasteiger charge is 2.45. The highest BCUT2D eigenvalue weighted by Crippen LogP contribution is 2.50. The predicted molar refractivity (Wildman–Crippen MR) is 355 cm³/mol. The summed E-state index contributed by atoms with van der Waals surface area (Å²) in [5.41, 5.74) is 17.8. The van der Waals surface area contributed by atoms with Crippen molar-refractivity contribution in [3.8, 4) is 34.2 Å². The Morgan fingerprint density at radius 1 is 0.301 bits per heavy atom. The van der Waals surface area contributed by atoms with E-state index in [-0.39, 0.29) is 28.4 Å². The van der Waals surface area contributed by atoms with E-state index >= 15 is 0 Å².